The van der Waals surface area contributed by atoms with E-state index in [9.17, 15) is 13.2 Å². The Morgan fingerprint density at radius 1 is 1.08 bits per heavy atom. The van der Waals surface area contributed by atoms with Crippen LogP contribution in [0.4, 0.5) is 0 Å². The van der Waals surface area contributed by atoms with Gasteiger partial charge in [-0.3, -0.25) is 4.79 Å². The first-order chi connectivity index (χ1) is 11.9. The van der Waals surface area contributed by atoms with Crippen LogP contribution in [0.25, 0.3) is 0 Å². The second kappa shape index (κ2) is 7.59. The summed E-state index contributed by atoms with van der Waals surface area (Å²) >= 11 is 6.19. The van der Waals surface area contributed by atoms with Gasteiger partial charge in [0.25, 0.3) is 5.91 Å². The Hall–Kier alpha value is -1.19. The number of halogens is 1. The fraction of sp³-hybridized carbons (Fsp3) is 0.562. The third-order valence-corrected chi connectivity index (χ3v) is 6.79. The van der Waals surface area contributed by atoms with Crippen LogP contribution in [0.1, 0.15) is 10.4 Å². The molecule has 0 radical (unpaired) electrons. The molecule has 3 rings (SSSR count). The molecule has 0 unspecified atom stereocenters. The monoisotopic (exact) mass is 387 g/mol. The molecule has 0 bridgehead atoms. The van der Waals surface area contributed by atoms with E-state index in [2.05, 4.69) is 4.90 Å². The largest absolute Gasteiger partial charge is 0.379 e. The van der Waals surface area contributed by atoms with Gasteiger partial charge in [-0.25, -0.2) is 8.42 Å². The fourth-order valence-corrected chi connectivity index (χ4v) is 4.58. The molecule has 0 atom stereocenters. The Morgan fingerprint density at radius 2 is 1.72 bits per heavy atom. The van der Waals surface area contributed by atoms with Crippen LogP contribution in [0.15, 0.2) is 23.1 Å². The quantitative estimate of drug-likeness (QED) is 0.765. The lowest BCUT2D eigenvalue weighted by molar-refractivity contribution is 0.0663. The number of nitrogens with zero attached hydrogens (tertiary/aromatic N) is 3. The highest BCUT2D eigenvalue weighted by Gasteiger charge is 2.29. The highest BCUT2D eigenvalue weighted by molar-refractivity contribution is 7.89. The van der Waals surface area contributed by atoms with E-state index in [0.717, 1.165) is 13.1 Å². The number of rotatable bonds is 3. The van der Waals surface area contributed by atoms with E-state index in [1.54, 1.807) is 4.90 Å². The third-order valence-electron chi connectivity index (χ3n) is 4.57. The second-order valence-corrected chi connectivity index (χ2v) is 8.60. The molecule has 7 nitrogen and oxygen atoms in total. The summed E-state index contributed by atoms with van der Waals surface area (Å²) in [5.74, 6) is -0.225. The number of benzene rings is 1. The van der Waals surface area contributed by atoms with E-state index in [1.165, 1.54) is 22.5 Å². The number of hydrogen-bond donors (Lipinski definition) is 0. The van der Waals surface area contributed by atoms with Gasteiger partial charge in [0.1, 0.15) is 0 Å². The van der Waals surface area contributed by atoms with Gasteiger partial charge in [0, 0.05) is 39.3 Å². The van der Waals surface area contributed by atoms with Crippen LogP contribution in [0.5, 0.6) is 0 Å². The zero-order valence-corrected chi connectivity index (χ0v) is 15.7. The van der Waals surface area contributed by atoms with Crippen molar-refractivity contribution >= 4 is 27.5 Å². The minimum absolute atomic E-state index is 0.0938. The average molecular weight is 388 g/mol. The predicted octanol–water partition coefficient (Wildman–Crippen LogP) is 0.749. The lowest BCUT2D eigenvalue weighted by Gasteiger charge is -2.32. The first kappa shape index (κ1) is 18.6. The number of amides is 1. The molecule has 2 aliphatic heterocycles. The molecule has 2 fully saturated rings. The van der Waals surface area contributed by atoms with E-state index in [-0.39, 0.29) is 21.4 Å². The summed E-state index contributed by atoms with van der Waals surface area (Å²) in [6, 6.07) is 4.33. The topological polar surface area (TPSA) is 70.2 Å². The molecule has 25 heavy (non-hydrogen) atoms. The molecule has 0 aliphatic carbocycles. The minimum atomic E-state index is -3.66. The van der Waals surface area contributed by atoms with Gasteiger partial charge < -0.3 is 14.5 Å². The van der Waals surface area contributed by atoms with Gasteiger partial charge >= 0.3 is 0 Å². The van der Waals surface area contributed by atoms with Crippen molar-refractivity contribution in [2.24, 2.45) is 0 Å². The van der Waals surface area contributed by atoms with Crippen LogP contribution in [0.3, 0.4) is 0 Å². The molecule has 1 aromatic rings. The third kappa shape index (κ3) is 3.98. The first-order valence-corrected chi connectivity index (χ1v) is 10.1. The normalized spacial score (nSPS) is 20.6. The van der Waals surface area contributed by atoms with Crippen molar-refractivity contribution in [1.29, 1.82) is 0 Å². The molecule has 2 saturated heterocycles. The van der Waals surface area contributed by atoms with Crippen molar-refractivity contribution in [2.45, 2.75) is 4.90 Å². The number of carbonyl (C=O) groups excluding carboxylic acids is 1. The van der Waals surface area contributed by atoms with Gasteiger partial charge in [0.05, 0.1) is 28.7 Å². The van der Waals surface area contributed by atoms with E-state index < -0.39 is 10.0 Å². The lowest BCUT2D eigenvalue weighted by atomic mass is 10.2. The molecule has 0 spiro atoms. The average Bonchev–Trinajstić information content (AvgIpc) is 2.63. The SMILES string of the molecule is CN1CCN(C(=O)c2cc(S(=O)(=O)N3CCOCC3)ccc2Cl)CC1. The standard InChI is InChI=1S/C16H22ClN3O4S/c1-18-4-6-19(7-5-18)16(21)14-12-13(2-3-15(14)17)25(22,23)20-8-10-24-11-9-20/h2-3,12H,4-11H2,1H3. The molecule has 9 heteroatoms. The van der Waals surface area contributed by atoms with Crippen LogP contribution < -0.4 is 0 Å². The number of ether oxygens (including phenoxy) is 1. The van der Waals surface area contributed by atoms with Gasteiger partial charge in [0.2, 0.25) is 10.0 Å². The summed E-state index contributed by atoms with van der Waals surface area (Å²) in [5.41, 5.74) is 0.237. The van der Waals surface area contributed by atoms with Crippen molar-refractivity contribution in [3.8, 4) is 0 Å². The molecule has 2 aliphatic rings. The summed E-state index contributed by atoms with van der Waals surface area (Å²) in [4.78, 5) is 16.7. The molecule has 2 heterocycles. The Labute approximate surface area is 153 Å². The molecule has 0 N–H and O–H groups in total. The summed E-state index contributed by atoms with van der Waals surface area (Å²) in [6.07, 6.45) is 0. The Morgan fingerprint density at radius 3 is 2.36 bits per heavy atom. The highest BCUT2D eigenvalue weighted by Crippen LogP contribution is 2.25. The zero-order chi connectivity index (χ0) is 18.0. The van der Waals surface area contributed by atoms with Gasteiger partial charge in [-0.2, -0.15) is 4.31 Å². The first-order valence-electron chi connectivity index (χ1n) is 8.25. The number of carbonyl (C=O) groups is 1. The molecular weight excluding hydrogens is 366 g/mol. The van der Waals surface area contributed by atoms with Crippen LogP contribution in [0, 0.1) is 0 Å². The van der Waals surface area contributed by atoms with E-state index in [1.807, 2.05) is 7.05 Å². The Kier molecular flexibility index (Phi) is 5.65. The minimum Gasteiger partial charge on any atom is -0.379 e. The summed E-state index contributed by atoms with van der Waals surface area (Å²) < 4.78 is 32.2. The van der Waals surface area contributed by atoms with Crippen molar-refractivity contribution in [2.75, 3.05) is 59.5 Å². The molecule has 138 valence electrons. The second-order valence-electron chi connectivity index (χ2n) is 6.25. The Balaban J connectivity index is 1.86. The maximum absolute atomic E-state index is 12.8. The predicted molar refractivity (Wildman–Crippen MR) is 94.4 cm³/mol. The zero-order valence-electron chi connectivity index (χ0n) is 14.1. The number of likely N-dealkylation sites (N-methyl/N-ethyl adjacent to an activating group) is 1. The number of morpholine rings is 1. The molecule has 0 aromatic heterocycles. The van der Waals surface area contributed by atoms with Crippen LogP contribution >= 0.6 is 11.6 Å². The van der Waals surface area contributed by atoms with Crippen molar-refractivity contribution in [3.05, 3.63) is 28.8 Å². The van der Waals surface area contributed by atoms with Gasteiger partial charge in [-0.05, 0) is 25.2 Å². The lowest BCUT2D eigenvalue weighted by Crippen LogP contribution is -2.47. The smallest absolute Gasteiger partial charge is 0.255 e. The highest BCUT2D eigenvalue weighted by atomic mass is 35.5. The maximum atomic E-state index is 12.8. The molecular formula is C16H22ClN3O4S. The molecule has 1 amide bonds. The molecule has 1 aromatic carbocycles. The van der Waals surface area contributed by atoms with Crippen molar-refractivity contribution in [3.63, 3.8) is 0 Å². The van der Waals surface area contributed by atoms with Crippen molar-refractivity contribution < 1.29 is 17.9 Å². The van der Waals surface area contributed by atoms with Crippen LogP contribution in [-0.2, 0) is 14.8 Å². The summed E-state index contributed by atoms with van der Waals surface area (Å²) in [7, 11) is -1.65. The fourth-order valence-electron chi connectivity index (χ4n) is 2.94. The number of hydrogen-bond acceptors (Lipinski definition) is 5. The van der Waals surface area contributed by atoms with Crippen LogP contribution in [-0.4, -0.2) is 88.0 Å². The maximum Gasteiger partial charge on any atom is 0.255 e. The number of piperazine rings is 1. The van der Waals surface area contributed by atoms with Gasteiger partial charge in [-0.15, -0.1) is 0 Å². The molecule has 0 saturated carbocycles. The van der Waals surface area contributed by atoms with E-state index in [4.69, 9.17) is 16.3 Å². The van der Waals surface area contributed by atoms with Crippen molar-refractivity contribution in [1.82, 2.24) is 14.1 Å². The van der Waals surface area contributed by atoms with E-state index in [0.29, 0.717) is 39.4 Å². The van der Waals surface area contributed by atoms with Crippen LogP contribution in [0.2, 0.25) is 5.02 Å². The Bertz CT molecular complexity index is 742. The van der Waals surface area contributed by atoms with E-state index >= 15 is 0 Å². The summed E-state index contributed by atoms with van der Waals surface area (Å²) in [5, 5.41) is 0.268. The summed E-state index contributed by atoms with van der Waals surface area (Å²) in [6.45, 7) is 4.15. The van der Waals surface area contributed by atoms with Gasteiger partial charge in [-0.1, -0.05) is 11.6 Å². The number of sulfonamides is 1. The van der Waals surface area contributed by atoms with Gasteiger partial charge in [0.15, 0.2) is 0 Å².